The molecule has 40 valence electrons. The Morgan fingerprint density at radius 2 is 2.43 bits per heavy atom. The maximum Gasteiger partial charge on any atom is 0.0190 e. The predicted octanol–water partition coefficient (Wildman–Crippen LogP) is 0.759. The fourth-order valence-corrected chi connectivity index (χ4v) is 0.258. The smallest absolute Gasteiger partial charge is 0.0190 e. The second kappa shape index (κ2) is 5.21. The summed E-state index contributed by atoms with van der Waals surface area (Å²) in [6, 6.07) is 0. The zero-order valence-electron chi connectivity index (χ0n) is 4.28. The van der Waals surface area contributed by atoms with E-state index in [0.29, 0.717) is 0 Å². The first-order chi connectivity index (χ1) is 3.41. The Bertz CT molecular complexity index is 51.1. The molecule has 0 bridgehead atoms. The van der Waals surface area contributed by atoms with Crippen LogP contribution in [0.4, 0.5) is 0 Å². The molecule has 0 fully saturated rings. The highest BCUT2D eigenvalue weighted by Gasteiger charge is 1.71. The van der Waals surface area contributed by atoms with E-state index < -0.39 is 0 Å². The van der Waals surface area contributed by atoms with Crippen LogP contribution < -0.4 is 5.32 Å². The van der Waals surface area contributed by atoms with E-state index in [1.165, 1.54) is 6.21 Å². The van der Waals surface area contributed by atoms with Gasteiger partial charge in [-0.2, -0.15) is 0 Å². The molecule has 2 nitrogen and oxygen atoms in total. The summed E-state index contributed by atoms with van der Waals surface area (Å²) >= 11 is 0. The third kappa shape index (κ3) is 5.21. The maximum absolute atomic E-state index is 6.58. The predicted molar refractivity (Wildman–Crippen MR) is 31.6 cm³/mol. The van der Waals surface area contributed by atoms with Crippen molar-refractivity contribution in [3.63, 3.8) is 0 Å². The number of hydrogen-bond donors (Lipinski definition) is 2. The Labute approximate surface area is 43.7 Å². The molecular weight excluding hydrogens is 88.1 g/mol. The second-order valence-corrected chi connectivity index (χ2v) is 1.15. The first-order valence-corrected chi connectivity index (χ1v) is 2.25. The van der Waals surface area contributed by atoms with E-state index in [1.54, 1.807) is 6.20 Å². The molecule has 0 atom stereocenters. The zero-order chi connectivity index (χ0) is 5.54. The second-order valence-electron chi connectivity index (χ2n) is 1.15. The summed E-state index contributed by atoms with van der Waals surface area (Å²) in [6.45, 7) is 4.27. The molecule has 2 N–H and O–H groups in total. The zero-order valence-corrected chi connectivity index (χ0v) is 4.28. The largest absolute Gasteiger partial charge is 0.391 e. The van der Waals surface area contributed by atoms with Gasteiger partial charge < -0.3 is 10.7 Å². The van der Waals surface area contributed by atoms with Crippen molar-refractivity contribution in [2.75, 3.05) is 6.54 Å². The summed E-state index contributed by atoms with van der Waals surface area (Å²) in [5.41, 5.74) is 0. The van der Waals surface area contributed by atoms with E-state index in [9.17, 15) is 0 Å². The molecule has 0 aromatic carbocycles. The highest BCUT2D eigenvalue weighted by atomic mass is 14.8. The molecule has 0 rings (SSSR count). The lowest BCUT2D eigenvalue weighted by Crippen LogP contribution is -2.05. The Morgan fingerprint density at radius 3 is 2.86 bits per heavy atom. The fraction of sp³-hybridized carbons (Fsp3) is 0.400. The molecule has 0 heterocycles. The van der Waals surface area contributed by atoms with Gasteiger partial charge >= 0.3 is 0 Å². The molecule has 0 amide bonds. The minimum atomic E-state index is 0.784. The van der Waals surface area contributed by atoms with Crippen molar-refractivity contribution in [2.45, 2.75) is 6.42 Å². The average molecular weight is 98.1 g/mol. The standard InChI is InChI=1S/C5H10N2/c1-2-7-5-3-4-6/h2,4,6-7H,1,3,5H2. The van der Waals surface area contributed by atoms with Gasteiger partial charge in [0.1, 0.15) is 0 Å². The quantitative estimate of drug-likeness (QED) is 0.395. The third-order valence-electron chi connectivity index (χ3n) is 0.577. The average Bonchev–Trinajstić information content (AvgIpc) is 1.69. The summed E-state index contributed by atoms with van der Waals surface area (Å²) in [4.78, 5) is 0. The van der Waals surface area contributed by atoms with Gasteiger partial charge in [0.05, 0.1) is 0 Å². The third-order valence-corrected chi connectivity index (χ3v) is 0.577. The van der Waals surface area contributed by atoms with Gasteiger partial charge in [-0.1, -0.05) is 6.58 Å². The van der Waals surface area contributed by atoms with Crippen LogP contribution in [0, 0.1) is 5.41 Å². The van der Waals surface area contributed by atoms with E-state index in [4.69, 9.17) is 5.41 Å². The maximum atomic E-state index is 6.58. The van der Waals surface area contributed by atoms with Gasteiger partial charge in [0.15, 0.2) is 0 Å². The van der Waals surface area contributed by atoms with Crippen LogP contribution in [-0.4, -0.2) is 12.8 Å². The fourth-order valence-electron chi connectivity index (χ4n) is 0.258. The van der Waals surface area contributed by atoms with Crippen LogP contribution in [0.2, 0.25) is 0 Å². The summed E-state index contributed by atoms with van der Waals surface area (Å²) in [5.74, 6) is 0. The summed E-state index contributed by atoms with van der Waals surface area (Å²) in [6.07, 6.45) is 3.78. The van der Waals surface area contributed by atoms with Crippen LogP contribution in [0.5, 0.6) is 0 Å². The molecule has 7 heavy (non-hydrogen) atoms. The van der Waals surface area contributed by atoms with E-state index in [0.717, 1.165) is 13.0 Å². The normalized spacial score (nSPS) is 7.43. The lowest BCUT2D eigenvalue weighted by atomic mass is 10.5. The Morgan fingerprint density at radius 1 is 1.71 bits per heavy atom. The van der Waals surface area contributed by atoms with Crippen molar-refractivity contribution in [1.82, 2.24) is 5.32 Å². The molecule has 0 aromatic rings. The molecule has 0 saturated carbocycles. The number of hydrogen-bond acceptors (Lipinski definition) is 2. The summed E-state index contributed by atoms with van der Waals surface area (Å²) < 4.78 is 0. The summed E-state index contributed by atoms with van der Waals surface area (Å²) in [7, 11) is 0. The van der Waals surface area contributed by atoms with E-state index >= 15 is 0 Å². The molecule has 2 heteroatoms. The lowest BCUT2D eigenvalue weighted by Gasteiger charge is -1.90. The van der Waals surface area contributed by atoms with Gasteiger partial charge in [-0.15, -0.1) is 0 Å². The molecule has 0 aliphatic heterocycles. The molecule has 0 aliphatic rings. The van der Waals surface area contributed by atoms with Crippen molar-refractivity contribution in [3.05, 3.63) is 12.8 Å². The monoisotopic (exact) mass is 98.1 g/mol. The molecule has 0 radical (unpaired) electrons. The highest BCUT2D eigenvalue weighted by Crippen LogP contribution is 1.64. The van der Waals surface area contributed by atoms with Gasteiger partial charge in [-0.3, -0.25) is 0 Å². The van der Waals surface area contributed by atoms with Gasteiger partial charge in [-0.25, -0.2) is 0 Å². The van der Waals surface area contributed by atoms with Crippen LogP contribution in [0.25, 0.3) is 0 Å². The minimum absolute atomic E-state index is 0.784. The molecule has 0 spiro atoms. The first kappa shape index (κ1) is 6.21. The van der Waals surface area contributed by atoms with Crippen LogP contribution in [-0.2, 0) is 0 Å². The van der Waals surface area contributed by atoms with Crippen LogP contribution >= 0.6 is 0 Å². The van der Waals surface area contributed by atoms with E-state index in [2.05, 4.69) is 11.9 Å². The van der Waals surface area contributed by atoms with Gasteiger partial charge in [0, 0.05) is 6.54 Å². The molecule has 0 unspecified atom stereocenters. The molecular formula is C5H10N2. The van der Waals surface area contributed by atoms with Crippen molar-refractivity contribution in [3.8, 4) is 0 Å². The van der Waals surface area contributed by atoms with Crippen molar-refractivity contribution in [2.24, 2.45) is 0 Å². The van der Waals surface area contributed by atoms with E-state index in [-0.39, 0.29) is 0 Å². The van der Waals surface area contributed by atoms with Gasteiger partial charge in [0.2, 0.25) is 0 Å². The Hall–Kier alpha value is -0.790. The first-order valence-electron chi connectivity index (χ1n) is 2.25. The van der Waals surface area contributed by atoms with Crippen LogP contribution in [0.3, 0.4) is 0 Å². The minimum Gasteiger partial charge on any atom is -0.391 e. The van der Waals surface area contributed by atoms with Gasteiger partial charge in [-0.05, 0) is 18.8 Å². The SMILES string of the molecule is C=CNCCC=N. The highest BCUT2D eigenvalue weighted by molar-refractivity contribution is 5.52. The molecule has 0 aromatic heterocycles. The van der Waals surface area contributed by atoms with Crippen LogP contribution in [0.1, 0.15) is 6.42 Å². The molecule has 0 aliphatic carbocycles. The van der Waals surface area contributed by atoms with Crippen LogP contribution in [0.15, 0.2) is 12.8 Å². The van der Waals surface area contributed by atoms with Crippen molar-refractivity contribution in [1.29, 1.82) is 5.41 Å². The Kier molecular flexibility index (Phi) is 4.62. The van der Waals surface area contributed by atoms with E-state index in [1.807, 2.05) is 0 Å². The lowest BCUT2D eigenvalue weighted by molar-refractivity contribution is 0.880. The topological polar surface area (TPSA) is 35.9 Å². The van der Waals surface area contributed by atoms with Crippen molar-refractivity contribution < 1.29 is 0 Å². The molecule has 0 saturated heterocycles. The Balaban J connectivity index is 2.68. The summed E-state index contributed by atoms with van der Waals surface area (Å²) in [5, 5.41) is 9.44. The number of rotatable bonds is 4. The van der Waals surface area contributed by atoms with Gasteiger partial charge in [0.25, 0.3) is 0 Å². The number of nitrogens with one attached hydrogen (secondary N) is 2. The van der Waals surface area contributed by atoms with Crippen molar-refractivity contribution >= 4 is 6.21 Å².